The van der Waals surface area contributed by atoms with Crippen molar-refractivity contribution < 1.29 is 4.74 Å². The first kappa shape index (κ1) is 14.1. The van der Waals surface area contributed by atoms with E-state index in [0.29, 0.717) is 12.5 Å². The monoisotopic (exact) mass is 237 g/mol. The van der Waals surface area contributed by atoms with Crippen molar-refractivity contribution in [2.45, 2.75) is 40.2 Å². The number of hydrogen-bond acceptors (Lipinski definition) is 4. The number of rotatable bonds is 6. The molecule has 0 fully saturated rings. The summed E-state index contributed by atoms with van der Waals surface area (Å²) in [6.45, 7) is 10.8. The molecular weight excluding hydrogens is 214 g/mol. The number of aromatic nitrogens is 2. The van der Waals surface area contributed by atoms with Crippen molar-refractivity contribution in [2.24, 2.45) is 0 Å². The molecule has 1 atom stereocenters. The van der Waals surface area contributed by atoms with Crippen LogP contribution in [0.5, 0.6) is 0 Å². The van der Waals surface area contributed by atoms with Crippen LogP contribution in [0.3, 0.4) is 0 Å². The molecule has 4 heteroatoms. The second kappa shape index (κ2) is 6.67. The third-order valence-electron chi connectivity index (χ3n) is 2.84. The molecule has 0 aliphatic carbocycles. The number of ether oxygens (including phenoxy) is 1. The van der Waals surface area contributed by atoms with Gasteiger partial charge in [0, 0.05) is 25.0 Å². The van der Waals surface area contributed by atoms with Crippen LogP contribution in [0, 0.1) is 13.8 Å². The van der Waals surface area contributed by atoms with E-state index in [1.165, 1.54) is 5.56 Å². The second-order valence-corrected chi connectivity index (χ2v) is 4.37. The molecule has 0 bridgehead atoms. The Labute approximate surface area is 104 Å². The molecule has 0 aromatic carbocycles. The topological polar surface area (TPSA) is 47.0 Å². The van der Waals surface area contributed by atoms with Crippen molar-refractivity contribution in [3.8, 4) is 0 Å². The Morgan fingerprint density at radius 1 is 1.24 bits per heavy atom. The fourth-order valence-corrected chi connectivity index (χ4v) is 2.16. The largest absolute Gasteiger partial charge is 0.377 e. The summed E-state index contributed by atoms with van der Waals surface area (Å²) in [6, 6.07) is 0. The van der Waals surface area contributed by atoms with E-state index in [0.717, 1.165) is 30.3 Å². The van der Waals surface area contributed by atoms with Gasteiger partial charge >= 0.3 is 0 Å². The molecule has 1 N–H and O–H groups in total. The minimum Gasteiger partial charge on any atom is -0.377 e. The summed E-state index contributed by atoms with van der Waals surface area (Å²) in [5.74, 6) is 1.20. The molecule has 0 spiro atoms. The summed E-state index contributed by atoms with van der Waals surface area (Å²) in [7, 11) is 1.66. The predicted octanol–water partition coefficient (Wildman–Crippen LogP) is 1.95. The van der Waals surface area contributed by atoms with Crippen LogP contribution in [0.2, 0.25) is 0 Å². The van der Waals surface area contributed by atoms with Gasteiger partial charge in [0.05, 0.1) is 0 Å². The number of hydrogen-bond donors (Lipinski definition) is 1. The molecule has 1 aromatic heterocycles. The predicted molar refractivity (Wildman–Crippen MR) is 69.2 cm³/mol. The molecule has 0 saturated heterocycles. The Morgan fingerprint density at radius 3 is 2.29 bits per heavy atom. The number of aryl methyl sites for hydroxylation is 2. The fourth-order valence-electron chi connectivity index (χ4n) is 2.16. The number of nitrogens with zero attached hydrogens (tertiary/aromatic N) is 2. The zero-order chi connectivity index (χ0) is 12.8. The van der Waals surface area contributed by atoms with Gasteiger partial charge < -0.3 is 10.1 Å². The standard InChI is InChI=1S/C13H23N3O/c1-6-14-7-9(2)13-10(3)15-12(8-17-5)16-11(13)4/h9,14H,6-8H2,1-5H3. The van der Waals surface area contributed by atoms with Crippen LogP contribution in [0.1, 0.15) is 42.5 Å². The summed E-state index contributed by atoms with van der Waals surface area (Å²) in [5, 5.41) is 3.36. The van der Waals surface area contributed by atoms with Crippen LogP contribution in [0.4, 0.5) is 0 Å². The zero-order valence-corrected chi connectivity index (χ0v) is 11.5. The highest BCUT2D eigenvalue weighted by Crippen LogP contribution is 2.20. The molecule has 1 rings (SSSR count). The molecule has 96 valence electrons. The van der Waals surface area contributed by atoms with E-state index in [4.69, 9.17) is 4.74 Å². The van der Waals surface area contributed by atoms with E-state index in [9.17, 15) is 0 Å². The highest BCUT2D eigenvalue weighted by Gasteiger charge is 2.14. The van der Waals surface area contributed by atoms with Gasteiger partial charge in [0.1, 0.15) is 6.61 Å². The van der Waals surface area contributed by atoms with E-state index >= 15 is 0 Å². The Bertz CT molecular complexity index is 343. The minimum absolute atomic E-state index is 0.437. The van der Waals surface area contributed by atoms with E-state index in [1.54, 1.807) is 7.11 Å². The van der Waals surface area contributed by atoms with Crippen LogP contribution in [0.15, 0.2) is 0 Å². The van der Waals surface area contributed by atoms with Crippen molar-refractivity contribution in [1.29, 1.82) is 0 Å². The van der Waals surface area contributed by atoms with Gasteiger partial charge in [-0.2, -0.15) is 0 Å². The van der Waals surface area contributed by atoms with Crippen LogP contribution in [-0.4, -0.2) is 30.2 Å². The molecule has 0 saturated carbocycles. The van der Waals surface area contributed by atoms with E-state index < -0.39 is 0 Å². The Hall–Kier alpha value is -1.00. The van der Waals surface area contributed by atoms with E-state index in [1.807, 2.05) is 13.8 Å². The van der Waals surface area contributed by atoms with Crippen molar-refractivity contribution in [3.63, 3.8) is 0 Å². The summed E-state index contributed by atoms with van der Waals surface area (Å²) in [6.07, 6.45) is 0. The Kier molecular flexibility index (Phi) is 5.51. The number of likely N-dealkylation sites (N-methyl/N-ethyl adjacent to an activating group) is 1. The quantitative estimate of drug-likeness (QED) is 0.821. The number of nitrogens with one attached hydrogen (secondary N) is 1. The van der Waals surface area contributed by atoms with Crippen LogP contribution < -0.4 is 5.32 Å². The van der Waals surface area contributed by atoms with Crippen molar-refractivity contribution in [2.75, 3.05) is 20.2 Å². The molecule has 0 aliphatic rings. The lowest BCUT2D eigenvalue weighted by molar-refractivity contribution is 0.177. The van der Waals surface area contributed by atoms with Gasteiger partial charge in [-0.25, -0.2) is 9.97 Å². The molecule has 0 amide bonds. The average molecular weight is 237 g/mol. The zero-order valence-electron chi connectivity index (χ0n) is 11.5. The maximum absolute atomic E-state index is 5.07. The number of methoxy groups -OCH3 is 1. The lowest BCUT2D eigenvalue weighted by Crippen LogP contribution is -2.21. The summed E-state index contributed by atoms with van der Waals surface area (Å²) >= 11 is 0. The van der Waals surface area contributed by atoms with Gasteiger partial charge in [0.25, 0.3) is 0 Å². The van der Waals surface area contributed by atoms with Gasteiger partial charge in [0.15, 0.2) is 5.82 Å². The minimum atomic E-state index is 0.437. The highest BCUT2D eigenvalue weighted by molar-refractivity contribution is 5.28. The first-order chi connectivity index (χ1) is 8.10. The van der Waals surface area contributed by atoms with Crippen molar-refractivity contribution in [1.82, 2.24) is 15.3 Å². The molecule has 4 nitrogen and oxygen atoms in total. The second-order valence-electron chi connectivity index (χ2n) is 4.37. The summed E-state index contributed by atoms with van der Waals surface area (Å²) in [5.41, 5.74) is 3.38. The highest BCUT2D eigenvalue weighted by atomic mass is 16.5. The molecular formula is C13H23N3O. The normalized spacial score (nSPS) is 12.8. The SMILES string of the molecule is CCNCC(C)c1c(C)nc(COC)nc1C. The lowest BCUT2D eigenvalue weighted by atomic mass is 9.98. The fraction of sp³-hybridized carbons (Fsp3) is 0.692. The smallest absolute Gasteiger partial charge is 0.154 e. The first-order valence-electron chi connectivity index (χ1n) is 6.13. The maximum Gasteiger partial charge on any atom is 0.154 e. The van der Waals surface area contributed by atoms with Crippen molar-refractivity contribution >= 4 is 0 Å². The molecule has 0 aliphatic heterocycles. The molecule has 17 heavy (non-hydrogen) atoms. The third kappa shape index (κ3) is 3.75. The van der Waals surface area contributed by atoms with Gasteiger partial charge in [-0.05, 0) is 31.9 Å². The first-order valence-corrected chi connectivity index (χ1v) is 6.13. The molecule has 1 heterocycles. The lowest BCUT2D eigenvalue weighted by Gasteiger charge is -2.17. The molecule has 1 aromatic rings. The van der Waals surface area contributed by atoms with Crippen LogP contribution >= 0.6 is 0 Å². The van der Waals surface area contributed by atoms with Gasteiger partial charge in [0.2, 0.25) is 0 Å². The summed E-state index contributed by atoms with van der Waals surface area (Å²) < 4.78 is 5.07. The Balaban J connectivity index is 2.92. The maximum atomic E-state index is 5.07. The Morgan fingerprint density at radius 2 is 1.82 bits per heavy atom. The van der Waals surface area contributed by atoms with Crippen molar-refractivity contribution in [3.05, 3.63) is 22.8 Å². The average Bonchev–Trinajstić information content (AvgIpc) is 2.25. The molecule has 1 unspecified atom stereocenters. The van der Waals surface area contributed by atoms with Crippen LogP contribution in [0.25, 0.3) is 0 Å². The van der Waals surface area contributed by atoms with Gasteiger partial charge in [-0.1, -0.05) is 13.8 Å². The van der Waals surface area contributed by atoms with E-state index in [2.05, 4.69) is 29.1 Å². The third-order valence-corrected chi connectivity index (χ3v) is 2.84. The van der Waals surface area contributed by atoms with Gasteiger partial charge in [-0.15, -0.1) is 0 Å². The summed E-state index contributed by atoms with van der Waals surface area (Å²) in [4.78, 5) is 8.98. The van der Waals surface area contributed by atoms with E-state index in [-0.39, 0.29) is 0 Å². The van der Waals surface area contributed by atoms with Gasteiger partial charge in [-0.3, -0.25) is 0 Å². The molecule has 0 radical (unpaired) electrons. The van der Waals surface area contributed by atoms with Crippen LogP contribution in [-0.2, 0) is 11.3 Å².